The monoisotopic (exact) mass is 230 g/mol. The van der Waals surface area contributed by atoms with E-state index in [4.69, 9.17) is 10.8 Å². The maximum Gasteiger partial charge on any atom is 0.325 e. The minimum Gasteiger partial charge on any atom is -0.505 e. The number of nitro benzene ring substituents is 1. The number of nitrogens with two attached hydrogens (primary N) is 1. The summed E-state index contributed by atoms with van der Waals surface area (Å²) >= 11 is 0. The highest BCUT2D eigenvalue weighted by atomic mass is 19.1. The lowest BCUT2D eigenvalue weighted by molar-refractivity contribution is -0.385. The summed E-state index contributed by atoms with van der Waals surface area (Å²) in [5, 5.41) is 28.1. The fourth-order valence-corrected chi connectivity index (χ4v) is 1.08. The van der Waals surface area contributed by atoms with Gasteiger partial charge in [-0.25, -0.2) is 4.39 Å². The zero-order valence-corrected chi connectivity index (χ0v) is 7.75. The Bertz CT molecular complexity index is 462. The third-order valence-electron chi connectivity index (χ3n) is 1.89. The molecule has 86 valence electrons. The fraction of sp³-hybridized carbons (Fsp3) is 0.125. The Labute approximate surface area is 88.1 Å². The van der Waals surface area contributed by atoms with E-state index in [1.54, 1.807) is 0 Å². The van der Waals surface area contributed by atoms with Gasteiger partial charge in [0, 0.05) is 11.6 Å². The van der Waals surface area contributed by atoms with E-state index >= 15 is 0 Å². The molecule has 0 fully saturated rings. The van der Waals surface area contributed by atoms with Gasteiger partial charge in [-0.3, -0.25) is 14.9 Å². The van der Waals surface area contributed by atoms with Crippen LogP contribution >= 0.6 is 0 Å². The van der Waals surface area contributed by atoms with Crippen LogP contribution in [-0.4, -0.2) is 21.1 Å². The molecule has 0 spiro atoms. The van der Waals surface area contributed by atoms with E-state index < -0.39 is 39.8 Å². The number of nitro groups is 1. The first-order valence-corrected chi connectivity index (χ1v) is 3.99. The third kappa shape index (κ3) is 2.06. The number of nitrogens with zero attached hydrogens (tertiary/aromatic N) is 1. The van der Waals surface area contributed by atoms with Gasteiger partial charge in [0.1, 0.15) is 6.04 Å². The molecule has 0 heterocycles. The molecule has 0 bridgehead atoms. The maximum atomic E-state index is 13.0. The Hall–Kier alpha value is -2.22. The van der Waals surface area contributed by atoms with Crippen molar-refractivity contribution in [3.8, 4) is 5.75 Å². The Morgan fingerprint density at radius 3 is 2.56 bits per heavy atom. The molecule has 1 rings (SSSR count). The molecular formula is C8H7FN2O5. The van der Waals surface area contributed by atoms with Crippen molar-refractivity contribution in [3.63, 3.8) is 0 Å². The molecule has 0 aliphatic rings. The van der Waals surface area contributed by atoms with Gasteiger partial charge in [0.15, 0.2) is 11.6 Å². The third-order valence-corrected chi connectivity index (χ3v) is 1.89. The van der Waals surface area contributed by atoms with Crippen LogP contribution < -0.4 is 5.73 Å². The van der Waals surface area contributed by atoms with Crippen molar-refractivity contribution in [1.82, 2.24) is 0 Å². The zero-order chi connectivity index (χ0) is 12.5. The quantitative estimate of drug-likeness (QED) is 0.513. The minimum absolute atomic E-state index is 0.480. The lowest BCUT2D eigenvalue weighted by atomic mass is 10.1. The number of carboxylic acid groups (broad SMARTS) is 1. The number of non-ortho nitro benzene ring substituents is 1. The predicted octanol–water partition coefficient (Wildman–Crippen LogP) is 0.524. The van der Waals surface area contributed by atoms with E-state index in [1.165, 1.54) is 0 Å². The Morgan fingerprint density at radius 2 is 2.12 bits per heavy atom. The van der Waals surface area contributed by atoms with Gasteiger partial charge in [0.2, 0.25) is 0 Å². The summed E-state index contributed by atoms with van der Waals surface area (Å²) in [6.07, 6.45) is 0. The largest absolute Gasteiger partial charge is 0.505 e. The SMILES string of the molecule is NC(C(=O)O)c1cc([N+](=O)[O-])cc(F)c1O. The molecule has 0 saturated carbocycles. The van der Waals surface area contributed by atoms with E-state index in [0.29, 0.717) is 6.07 Å². The summed E-state index contributed by atoms with van der Waals surface area (Å²) in [5.41, 5.74) is 3.91. The van der Waals surface area contributed by atoms with Crippen LogP contribution in [0, 0.1) is 15.9 Å². The number of carboxylic acids is 1. The van der Waals surface area contributed by atoms with Gasteiger partial charge in [0.05, 0.1) is 11.0 Å². The molecule has 4 N–H and O–H groups in total. The number of halogens is 1. The van der Waals surface area contributed by atoms with Crippen molar-refractivity contribution in [2.75, 3.05) is 0 Å². The maximum absolute atomic E-state index is 13.0. The number of hydrogen-bond acceptors (Lipinski definition) is 5. The Balaban J connectivity index is 3.37. The molecule has 0 amide bonds. The summed E-state index contributed by atoms with van der Waals surface area (Å²) in [7, 11) is 0. The van der Waals surface area contributed by atoms with Gasteiger partial charge in [0.25, 0.3) is 5.69 Å². The van der Waals surface area contributed by atoms with Crippen molar-refractivity contribution < 1.29 is 24.3 Å². The molecule has 1 atom stereocenters. The molecule has 8 heteroatoms. The summed E-state index contributed by atoms with van der Waals surface area (Å²) in [5.74, 6) is -3.82. The van der Waals surface area contributed by atoms with Gasteiger partial charge in [-0.05, 0) is 0 Å². The van der Waals surface area contributed by atoms with Crippen LogP contribution in [0.1, 0.15) is 11.6 Å². The number of aliphatic carboxylic acids is 1. The molecule has 0 saturated heterocycles. The van der Waals surface area contributed by atoms with Crippen molar-refractivity contribution in [3.05, 3.63) is 33.6 Å². The van der Waals surface area contributed by atoms with Crippen molar-refractivity contribution in [2.45, 2.75) is 6.04 Å². The van der Waals surface area contributed by atoms with E-state index in [1.807, 2.05) is 0 Å². The van der Waals surface area contributed by atoms with Crippen LogP contribution in [0.4, 0.5) is 10.1 Å². The number of aromatic hydroxyl groups is 1. The molecular weight excluding hydrogens is 223 g/mol. The lowest BCUT2D eigenvalue weighted by Crippen LogP contribution is -2.21. The Kier molecular flexibility index (Phi) is 3.04. The van der Waals surface area contributed by atoms with Crippen molar-refractivity contribution >= 4 is 11.7 Å². The van der Waals surface area contributed by atoms with Gasteiger partial charge in [-0.15, -0.1) is 0 Å². The summed E-state index contributed by atoms with van der Waals surface area (Å²) in [4.78, 5) is 20.0. The molecule has 0 radical (unpaired) electrons. The van der Waals surface area contributed by atoms with E-state index in [-0.39, 0.29) is 0 Å². The first-order valence-electron chi connectivity index (χ1n) is 3.99. The van der Waals surface area contributed by atoms with Crippen LogP contribution in [0.25, 0.3) is 0 Å². The second-order valence-electron chi connectivity index (χ2n) is 2.94. The fourth-order valence-electron chi connectivity index (χ4n) is 1.08. The minimum atomic E-state index is -1.73. The summed E-state index contributed by atoms with van der Waals surface area (Å²) in [6.45, 7) is 0. The average Bonchev–Trinajstić information content (AvgIpc) is 2.20. The van der Waals surface area contributed by atoms with Crippen LogP contribution in [0.5, 0.6) is 5.75 Å². The van der Waals surface area contributed by atoms with Gasteiger partial charge in [-0.2, -0.15) is 0 Å². The van der Waals surface area contributed by atoms with Crippen LogP contribution in [0.15, 0.2) is 12.1 Å². The van der Waals surface area contributed by atoms with E-state index in [9.17, 15) is 24.4 Å². The first-order chi connectivity index (χ1) is 7.34. The average molecular weight is 230 g/mol. The normalized spacial score (nSPS) is 12.1. The Morgan fingerprint density at radius 1 is 1.56 bits per heavy atom. The standard InChI is InChI=1S/C8H7FN2O5/c9-5-2-3(11(15)16)1-4(7(5)12)6(10)8(13)14/h1-2,6,12H,10H2,(H,13,14). The molecule has 16 heavy (non-hydrogen) atoms. The number of hydrogen-bond donors (Lipinski definition) is 3. The van der Waals surface area contributed by atoms with E-state index in [0.717, 1.165) is 6.07 Å². The number of phenols is 1. The smallest absolute Gasteiger partial charge is 0.325 e. The van der Waals surface area contributed by atoms with Crippen LogP contribution in [-0.2, 0) is 4.79 Å². The summed E-state index contributed by atoms with van der Waals surface area (Å²) < 4.78 is 13.0. The van der Waals surface area contributed by atoms with Crippen LogP contribution in [0.2, 0.25) is 0 Å². The number of rotatable bonds is 3. The molecule has 0 aliphatic carbocycles. The van der Waals surface area contributed by atoms with Crippen LogP contribution in [0.3, 0.4) is 0 Å². The second-order valence-corrected chi connectivity index (χ2v) is 2.94. The van der Waals surface area contributed by atoms with Gasteiger partial charge < -0.3 is 15.9 Å². The van der Waals surface area contributed by atoms with E-state index in [2.05, 4.69) is 0 Å². The molecule has 0 aromatic heterocycles. The number of benzene rings is 1. The highest BCUT2D eigenvalue weighted by molar-refractivity contribution is 5.76. The molecule has 7 nitrogen and oxygen atoms in total. The van der Waals surface area contributed by atoms with Gasteiger partial charge in [-0.1, -0.05) is 0 Å². The number of phenolic OH excluding ortho intramolecular Hbond substituents is 1. The topological polar surface area (TPSA) is 127 Å². The van der Waals surface area contributed by atoms with Crippen molar-refractivity contribution in [2.24, 2.45) is 5.73 Å². The zero-order valence-electron chi connectivity index (χ0n) is 7.75. The summed E-state index contributed by atoms with van der Waals surface area (Å²) in [6, 6.07) is -0.528. The molecule has 1 aromatic rings. The highest BCUT2D eigenvalue weighted by Gasteiger charge is 2.24. The first kappa shape index (κ1) is 11.9. The molecule has 1 aromatic carbocycles. The number of carbonyl (C=O) groups is 1. The highest BCUT2D eigenvalue weighted by Crippen LogP contribution is 2.30. The van der Waals surface area contributed by atoms with Crippen molar-refractivity contribution in [1.29, 1.82) is 0 Å². The lowest BCUT2D eigenvalue weighted by Gasteiger charge is -2.09. The second kappa shape index (κ2) is 4.11. The predicted molar refractivity (Wildman–Crippen MR) is 49.3 cm³/mol. The van der Waals surface area contributed by atoms with Gasteiger partial charge >= 0.3 is 5.97 Å². The molecule has 1 unspecified atom stereocenters. The molecule has 0 aliphatic heterocycles.